The highest BCUT2D eigenvalue weighted by atomic mass is 19.1. The Morgan fingerprint density at radius 2 is 1.88 bits per heavy atom. The van der Waals surface area contributed by atoms with E-state index in [1.54, 1.807) is 28.8 Å². The zero-order valence-corrected chi connectivity index (χ0v) is 18.5. The molecular formula is C23H22FN7O3. The molecule has 10 nitrogen and oxygen atoms in total. The summed E-state index contributed by atoms with van der Waals surface area (Å²) < 4.78 is 26.0. The molecule has 11 heteroatoms. The first-order valence-corrected chi connectivity index (χ1v) is 10.7. The van der Waals surface area contributed by atoms with Crippen molar-refractivity contribution in [3.05, 3.63) is 60.7 Å². The van der Waals surface area contributed by atoms with Gasteiger partial charge in [-0.2, -0.15) is 4.68 Å². The van der Waals surface area contributed by atoms with Crippen LogP contribution in [0.5, 0.6) is 11.5 Å². The van der Waals surface area contributed by atoms with Crippen LogP contribution in [0.4, 0.5) is 10.2 Å². The normalized spacial score (nSPS) is 13.8. The first-order chi connectivity index (χ1) is 16.6. The predicted octanol–water partition coefficient (Wildman–Crippen LogP) is 2.09. The van der Waals surface area contributed by atoms with Crippen molar-refractivity contribution in [2.45, 2.75) is 0 Å². The highest BCUT2D eigenvalue weighted by Crippen LogP contribution is 2.25. The molecule has 1 fully saturated rings. The predicted molar refractivity (Wildman–Crippen MR) is 122 cm³/mol. The summed E-state index contributed by atoms with van der Waals surface area (Å²) >= 11 is 0. The second kappa shape index (κ2) is 9.30. The first kappa shape index (κ1) is 21.6. The van der Waals surface area contributed by atoms with Crippen molar-refractivity contribution in [1.29, 1.82) is 0 Å². The summed E-state index contributed by atoms with van der Waals surface area (Å²) in [4.78, 5) is 25.1. The van der Waals surface area contributed by atoms with Gasteiger partial charge in [0.2, 0.25) is 0 Å². The van der Waals surface area contributed by atoms with Crippen LogP contribution in [0.1, 0.15) is 0 Å². The van der Waals surface area contributed by atoms with Gasteiger partial charge in [0.1, 0.15) is 12.1 Å². The van der Waals surface area contributed by atoms with Crippen LogP contribution >= 0.6 is 0 Å². The Labute approximate surface area is 194 Å². The molecule has 2 aromatic carbocycles. The molecule has 1 saturated heterocycles. The molecule has 1 aliphatic rings. The van der Waals surface area contributed by atoms with E-state index in [0.717, 1.165) is 5.69 Å². The number of hydrogen-bond donors (Lipinski definition) is 0. The number of piperazine rings is 1. The van der Waals surface area contributed by atoms with Crippen molar-refractivity contribution in [1.82, 2.24) is 29.9 Å². The van der Waals surface area contributed by atoms with Crippen LogP contribution < -0.4 is 14.4 Å². The van der Waals surface area contributed by atoms with E-state index in [4.69, 9.17) is 9.47 Å². The van der Waals surface area contributed by atoms with Crippen LogP contribution in [0.2, 0.25) is 0 Å². The van der Waals surface area contributed by atoms with Gasteiger partial charge in [-0.1, -0.05) is 23.4 Å². The van der Waals surface area contributed by atoms with Gasteiger partial charge in [0.25, 0.3) is 5.91 Å². The van der Waals surface area contributed by atoms with Crippen LogP contribution in [-0.4, -0.2) is 75.7 Å². The van der Waals surface area contributed by atoms with E-state index in [1.165, 1.54) is 18.5 Å². The molecule has 0 spiro atoms. The minimum atomic E-state index is -0.491. The summed E-state index contributed by atoms with van der Waals surface area (Å²) in [5, 5.41) is 8.59. The van der Waals surface area contributed by atoms with E-state index in [1.807, 2.05) is 24.3 Å². The Balaban J connectivity index is 1.27. The SMILES string of the molecule is COc1cccc(-n2nnc3c(N4CCN(C(=O)COc5ccccc5F)CC4)ncnc32)c1. The molecule has 0 N–H and O–H groups in total. The lowest BCUT2D eigenvalue weighted by molar-refractivity contribution is -0.133. The van der Waals surface area contributed by atoms with Crippen molar-refractivity contribution in [3.63, 3.8) is 0 Å². The standard InChI is InChI=1S/C23H22FN7O3/c1-33-17-6-4-5-16(13-17)31-23-21(27-28-31)22(25-15-26-23)30-11-9-29(10-12-30)20(32)14-34-19-8-3-2-7-18(19)24/h2-8,13,15H,9-12,14H2,1H3. The molecule has 0 atom stereocenters. The average molecular weight is 463 g/mol. The zero-order chi connectivity index (χ0) is 23.5. The summed E-state index contributed by atoms with van der Waals surface area (Å²) in [6, 6.07) is 13.5. The minimum Gasteiger partial charge on any atom is -0.497 e. The third-order valence-electron chi connectivity index (χ3n) is 5.64. The summed E-state index contributed by atoms with van der Waals surface area (Å²) in [5.74, 6) is 0.746. The van der Waals surface area contributed by atoms with Gasteiger partial charge in [-0.3, -0.25) is 4.79 Å². The summed E-state index contributed by atoms with van der Waals surface area (Å²) in [6.45, 7) is 1.87. The number of fused-ring (bicyclic) bond motifs is 1. The number of carbonyl (C=O) groups excluding carboxylic acids is 1. The number of methoxy groups -OCH3 is 1. The molecule has 3 heterocycles. The van der Waals surface area contributed by atoms with Crippen molar-refractivity contribution >= 4 is 22.9 Å². The fourth-order valence-electron chi connectivity index (χ4n) is 3.84. The maximum atomic E-state index is 13.7. The first-order valence-electron chi connectivity index (χ1n) is 10.7. The lowest BCUT2D eigenvalue weighted by Crippen LogP contribution is -2.50. The lowest BCUT2D eigenvalue weighted by Gasteiger charge is -2.35. The molecule has 1 aliphatic heterocycles. The lowest BCUT2D eigenvalue weighted by atomic mass is 10.3. The minimum absolute atomic E-state index is 0.0667. The number of aromatic nitrogens is 5. The van der Waals surface area contributed by atoms with E-state index in [0.29, 0.717) is 48.9 Å². The number of anilines is 1. The van der Waals surface area contributed by atoms with E-state index in [9.17, 15) is 9.18 Å². The van der Waals surface area contributed by atoms with Crippen LogP contribution in [0, 0.1) is 5.82 Å². The molecule has 0 aliphatic carbocycles. The maximum Gasteiger partial charge on any atom is 0.260 e. The fraction of sp³-hybridized carbons (Fsp3) is 0.261. The summed E-state index contributed by atoms with van der Waals surface area (Å²) in [6.07, 6.45) is 1.48. The Hall–Kier alpha value is -4.28. The molecule has 34 heavy (non-hydrogen) atoms. The Morgan fingerprint density at radius 3 is 2.68 bits per heavy atom. The number of hydrogen-bond acceptors (Lipinski definition) is 8. The molecule has 2 aromatic heterocycles. The van der Waals surface area contributed by atoms with E-state index >= 15 is 0 Å². The highest BCUT2D eigenvalue weighted by molar-refractivity contribution is 5.84. The van der Waals surface area contributed by atoms with Crippen LogP contribution in [-0.2, 0) is 4.79 Å². The third-order valence-corrected chi connectivity index (χ3v) is 5.64. The second-order valence-electron chi connectivity index (χ2n) is 7.66. The maximum absolute atomic E-state index is 13.7. The van der Waals surface area contributed by atoms with Gasteiger partial charge in [-0.25, -0.2) is 14.4 Å². The Kier molecular flexibility index (Phi) is 5.90. The number of rotatable bonds is 6. The zero-order valence-electron chi connectivity index (χ0n) is 18.5. The van der Waals surface area contributed by atoms with Gasteiger partial charge < -0.3 is 19.3 Å². The number of nitrogens with zero attached hydrogens (tertiary/aromatic N) is 7. The molecule has 4 aromatic rings. The van der Waals surface area contributed by atoms with Crippen LogP contribution in [0.25, 0.3) is 16.9 Å². The number of carbonyl (C=O) groups is 1. The monoisotopic (exact) mass is 463 g/mol. The van der Waals surface area contributed by atoms with Gasteiger partial charge in [0, 0.05) is 32.2 Å². The van der Waals surface area contributed by atoms with Crippen molar-refractivity contribution in [3.8, 4) is 17.2 Å². The van der Waals surface area contributed by atoms with Gasteiger partial charge in [-0.05, 0) is 24.3 Å². The van der Waals surface area contributed by atoms with Crippen molar-refractivity contribution in [2.24, 2.45) is 0 Å². The van der Waals surface area contributed by atoms with Crippen LogP contribution in [0.3, 0.4) is 0 Å². The number of amides is 1. The fourth-order valence-corrected chi connectivity index (χ4v) is 3.84. The number of halogens is 1. The van der Waals surface area contributed by atoms with E-state index in [2.05, 4.69) is 25.2 Å². The largest absolute Gasteiger partial charge is 0.497 e. The summed E-state index contributed by atoms with van der Waals surface area (Å²) in [5.41, 5.74) is 1.93. The summed E-state index contributed by atoms with van der Waals surface area (Å²) in [7, 11) is 1.61. The Bertz CT molecular complexity index is 1320. The molecule has 174 valence electrons. The van der Waals surface area contributed by atoms with Gasteiger partial charge in [0.15, 0.2) is 35.2 Å². The topological polar surface area (TPSA) is 98.5 Å². The van der Waals surface area contributed by atoms with Crippen molar-refractivity contribution in [2.75, 3.05) is 44.8 Å². The molecular weight excluding hydrogens is 441 g/mol. The van der Waals surface area contributed by atoms with Gasteiger partial charge >= 0.3 is 0 Å². The number of ether oxygens (including phenoxy) is 2. The Morgan fingerprint density at radius 1 is 1.06 bits per heavy atom. The smallest absolute Gasteiger partial charge is 0.260 e. The highest BCUT2D eigenvalue weighted by Gasteiger charge is 2.25. The number of para-hydroxylation sites is 1. The molecule has 0 saturated carbocycles. The van der Waals surface area contributed by atoms with Crippen LogP contribution in [0.15, 0.2) is 54.9 Å². The molecule has 0 radical (unpaired) electrons. The van der Waals surface area contributed by atoms with Crippen molar-refractivity contribution < 1.29 is 18.7 Å². The van der Waals surface area contributed by atoms with Gasteiger partial charge in [-0.15, -0.1) is 5.10 Å². The quantitative estimate of drug-likeness (QED) is 0.429. The molecule has 0 unspecified atom stereocenters. The molecule has 5 rings (SSSR count). The average Bonchev–Trinajstić information content (AvgIpc) is 3.33. The number of benzene rings is 2. The van der Waals surface area contributed by atoms with E-state index in [-0.39, 0.29) is 18.3 Å². The van der Waals surface area contributed by atoms with E-state index < -0.39 is 5.82 Å². The second-order valence-corrected chi connectivity index (χ2v) is 7.66. The van der Waals surface area contributed by atoms with Gasteiger partial charge in [0.05, 0.1) is 12.8 Å². The molecule has 0 bridgehead atoms. The third kappa shape index (κ3) is 4.19. The molecule has 1 amide bonds.